The Hall–Kier alpha value is -0.280. The third-order valence-electron chi connectivity index (χ3n) is 6.64. The molecule has 4 unspecified atom stereocenters. The highest BCUT2D eigenvalue weighted by Gasteiger charge is 2.91. The van der Waals surface area contributed by atoms with Crippen LogP contribution in [0, 0.1) is 53.3 Å². The third-order valence-corrected chi connectivity index (χ3v) is 6.64. The van der Waals surface area contributed by atoms with Gasteiger partial charge < -0.3 is 10.5 Å². The molecule has 2 N–H and O–H groups in total. The van der Waals surface area contributed by atoms with Crippen molar-refractivity contribution in [2.45, 2.75) is 6.04 Å². The highest BCUT2D eigenvalue weighted by atomic mass is 35.5. The van der Waals surface area contributed by atoms with Crippen molar-refractivity contribution in [1.82, 2.24) is 0 Å². The van der Waals surface area contributed by atoms with Gasteiger partial charge in [-0.1, -0.05) is 0 Å². The van der Waals surface area contributed by atoms with Gasteiger partial charge in [-0.05, 0) is 47.3 Å². The highest BCUT2D eigenvalue weighted by Crippen LogP contribution is 2.92. The van der Waals surface area contributed by atoms with Gasteiger partial charge in [-0.2, -0.15) is 0 Å². The molecule has 3 nitrogen and oxygen atoms in total. The number of fused-ring (bicyclic) bond motifs is 1. The van der Waals surface area contributed by atoms with Crippen LogP contribution >= 0.6 is 12.4 Å². The monoisotopic (exact) mass is 241 g/mol. The summed E-state index contributed by atoms with van der Waals surface area (Å²) in [5.41, 5.74) is 6.25. The van der Waals surface area contributed by atoms with Crippen LogP contribution in [0.3, 0.4) is 0 Å². The first-order chi connectivity index (χ1) is 7.27. The fourth-order valence-corrected chi connectivity index (χ4v) is 6.49. The number of hydrogen-bond donors (Lipinski definition) is 1. The molecule has 0 aromatic rings. The van der Waals surface area contributed by atoms with Crippen LogP contribution in [0.5, 0.6) is 0 Å². The number of carbonyl (C=O) groups is 1. The first-order valence-electron chi connectivity index (χ1n) is 6.11. The number of esters is 1. The Labute approximate surface area is 100 Å². The Morgan fingerprint density at radius 1 is 0.938 bits per heavy atom. The van der Waals surface area contributed by atoms with E-state index in [-0.39, 0.29) is 30.3 Å². The predicted molar refractivity (Wildman–Crippen MR) is 58.6 cm³/mol. The van der Waals surface area contributed by atoms with Crippen LogP contribution in [0.4, 0.5) is 0 Å². The molecule has 88 valence electrons. The fraction of sp³-hybridized carbons (Fsp3) is 0.917. The van der Waals surface area contributed by atoms with Crippen molar-refractivity contribution in [3.8, 4) is 0 Å². The molecule has 0 radical (unpaired) electrons. The van der Waals surface area contributed by atoms with Crippen LogP contribution in [0.1, 0.15) is 0 Å². The van der Waals surface area contributed by atoms with Gasteiger partial charge in [0, 0.05) is 6.04 Å². The van der Waals surface area contributed by atoms with Gasteiger partial charge in [-0.25, -0.2) is 0 Å². The highest BCUT2D eigenvalue weighted by molar-refractivity contribution is 5.85. The summed E-state index contributed by atoms with van der Waals surface area (Å²) in [7, 11) is 1.50. The van der Waals surface area contributed by atoms with Crippen molar-refractivity contribution in [1.29, 1.82) is 0 Å². The SMILES string of the molecule is COC(=O)[C@@H]1C2C3C4C5C3C(C5C42)[C@@H]1N.Cl. The minimum Gasteiger partial charge on any atom is -0.469 e. The van der Waals surface area contributed by atoms with E-state index < -0.39 is 0 Å². The largest absolute Gasteiger partial charge is 0.469 e. The van der Waals surface area contributed by atoms with Crippen LogP contribution in [0.25, 0.3) is 0 Å². The van der Waals surface area contributed by atoms with Crippen molar-refractivity contribution in [2.75, 3.05) is 7.11 Å². The van der Waals surface area contributed by atoms with Crippen molar-refractivity contribution >= 4 is 18.4 Å². The van der Waals surface area contributed by atoms with E-state index in [0.717, 1.165) is 35.5 Å². The molecule has 0 spiro atoms. The van der Waals surface area contributed by atoms with Crippen molar-refractivity contribution < 1.29 is 9.53 Å². The normalized spacial score (nSPS) is 69.6. The lowest BCUT2D eigenvalue weighted by Crippen LogP contribution is -2.94. The summed E-state index contributed by atoms with van der Waals surface area (Å²) in [6.45, 7) is 0. The molecule has 6 aliphatic rings. The molecule has 6 aliphatic carbocycles. The van der Waals surface area contributed by atoms with Gasteiger partial charge in [0.05, 0.1) is 13.0 Å². The van der Waals surface area contributed by atoms with Crippen molar-refractivity contribution in [3.05, 3.63) is 0 Å². The zero-order valence-electron chi connectivity index (χ0n) is 9.08. The molecular formula is C12H16ClNO2. The van der Waals surface area contributed by atoms with Gasteiger partial charge in [0.25, 0.3) is 0 Å². The minimum absolute atomic E-state index is 0. The molecule has 6 saturated carbocycles. The number of nitrogens with two attached hydrogens (primary N) is 1. The molecule has 0 saturated heterocycles. The Kier molecular flexibility index (Phi) is 1.48. The van der Waals surface area contributed by atoms with Crippen LogP contribution in [-0.4, -0.2) is 19.1 Å². The lowest BCUT2D eigenvalue weighted by Gasteiger charge is -2.94. The summed E-state index contributed by atoms with van der Waals surface area (Å²) >= 11 is 0. The van der Waals surface area contributed by atoms with Crippen molar-refractivity contribution in [3.63, 3.8) is 0 Å². The van der Waals surface area contributed by atoms with Gasteiger partial charge in [0.1, 0.15) is 0 Å². The Bertz CT molecular complexity index is 380. The fourth-order valence-electron chi connectivity index (χ4n) is 6.49. The van der Waals surface area contributed by atoms with E-state index >= 15 is 0 Å². The molecule has 0 heterocycles. The zero-order valence-corrected chi connectivity index (χ0v) is 9.89. The molecule has 16 heavy (non-hydrogen) atoms. The number of ether oxygens (including phenoxy) is 1. The summed E-state index contributed by atoms with van der Waals surface area (Å²) in [5.74, 6) is 6.95. The number of rotatable bonds is 1. The first kappa shape index (κ1) is 9.72. The number of halogens is 1. The third kappa shape index (κ3) is 0.583. The quantitative estimate of drug-likeness (QED) is 0.681. The van der Waals surface area contributed by atoms with E-state index in [2.05, 4.69) is 0 Å². The predicted octanol–water partition coefficient (Wildman–Crippen LogP) is 0.522. The molecule has 0 aromatic heterocycles. The lowest BCUT2D eigenvalue weighted by atomic mass is 9.10. The topological polar surface area (TPSA) is 52.3 Å². The van der Waals surface area contributed by atoms with Crippen LogP contribution in [0.2, 0.25) is 0 Å². The standard InChI is InChI=1S/C12H15NO2.ClH/c1-15-12(14)10-8-4-2-3-6(4)9(11(10)13)7(3)5(2)8;/h2-11H,13H2,1H3;1H/t2?,3?,4?,5?,6?,7?,8?,9?,10-,11+;/m1./s1. The van der Waals surface area contributed by atoms with E-state index in [1.165, 1.54) is 7.11 Å². The first-order valence-corrected chi connectivity index (χ1v) is 6.11. The molecule has 6 rings (SSSR count). The average molecular weight is 242 g/mol. The Morgan fingerprint density at radius 2 is 1.38 bits per heavy atom. The van der Waals surface area contributed by atoms with E-state index in [1.54, 1.807) is 0 Å². The van der Waals surface area contributed by atoms with E-state index in [1.807, 2.05) is 0 Å². The molecule has 0 amide bonds. The average Bonchev–Trinajstić information content (AvgIpc) is 2.22. The van der Waals surface area contributed by atoms with Crippen LogP contribution < -0.4 is 5.73 Å². The molecule has 2 bridgehead atoms. The molecule has 0 aliphatic heterocycles. The Balaban J connectivity index is 0.000000722. The number of methoxy groups -OCH3 is 1. The summed E-state index contributed by atoms with van der Waals surface area (Å²) in [4.78, 5) is 11.8. The summed E-state index contributed by atoms with van der Waals surface area (Å²) in [6, 6.07) is 0.113. The lowest BCUT2D eigenvalue weighted by molar-refractivity contribution is -0.472. The molecular weight excluding hydrogens is 226 g/mol. The van der Waals surface area contributed by atoms with E-state index in [0.29, 0.717) is 11.8 Å². The molecule has 6 atom stereocenters. The molecule has 4 heteroatoms. The van der Waals surface area contributed by atoms with Gasteiger partial charge in [0.15, 0.2) is 0 Å². The summed E-state index contributed by atoms with van der Waals surface area (Å²) < 4.78 is 4.92. The smallest absolute Gasteiger partial charge is 0.310 e. The van der Waals surface area contributed by atoms with E-state index in [9.17, 15) is 4.79 Å². The van der Waals surface area contributed by atoms with Gasteiger partial charge in [-0.3, -0.25) is 4.79 Å². The second kappa shape index (κ2) is 2.44. The van der Waals surface area contributed by atoms with E-state index in [4.69, 9.17) is 10.5 Å². The van der Waals surface area contributed by atoms with Gasteiger partial charge >= 0.3 is 5.97 Å². The Morgan fingerprint density at radius 3 is 1.88 bits per heavy atom. The molecule has 6 fully saturated rings. The zero-order chi connectivity index (χ0) is 10.1. The van der Waals surface area contributed by atoms with Gasteiger partial charge in [-0.15, -0.1) is 12.4 Å². The van der Waals surface area contributed by atoms with Crippen molar-refractivity contribution in [2.24, 2.45) is 59.0 Å². The number of carbonyl (C=O) groups excluding carboxylic acids is 1. The maximum absolute atomic E-state index is 11.8. The van der Waals surface area contributed by atoms with Crippen LogP contribution in [-0.2, 0) is 9.53 Å². The minimum atomic E-state index is -0.0387. The second-order valence-corrected chi connectivity index (χ2v) is 6.25. The summed E-state index contributed by atoms with van der Waals surface area (Å²) in [6.07, 6.45) is 0. The maximum atomic E-state index is 11.8. The molecule has 0 aromatic carbocycles. The van der Waals surface area contributed by atoms with Gasteiger partial charge in [0.2, 0.25) is 0 Å². The van der Waals surface area contributed by atoms with Crippen LogP contribution in [0.15, 0.2) is 0 Å². The summed E-state index contributed by atoms with van der Waals surface area (Å²) in [5, 5.41) is 0. The number of hydrogen-bond acceptors (Lipinski definition) is 3. The maximum Gasteiger partial charge on any atom is 0.310 e. The second-order valence-electron chi connectivity index (χ2n) is 6.25.